The lowest BCUT2D eigenvalue weighted by atomic mass is 9.85. The Bertz CT molecular complexity index is 488. The van der Waals surface area contributed by atoms with E-state index in [1.165, 1.54) is 24.8 Å². The van der Waals surface area contributed by atoms with Crippen LogP contribution in [-0.4, -0.2) is 21.7 Å². The predicted octanol–water partition coefficient (Wildman–Crippen LogP) is 2.36. The van der Waals surface area contributed by atoms with Gasteiger partial charge in [0.1, 0.15) is 0 Å². The average Bonchev–Trinajstić information content (AvgIpc) is 2.82. The van der Waals surface area contributed by atoms with E-state index >= 15 is 0 Å². The molecule has 0 atom stereocenters. The highest BCUT2D eigenvalue weighted by atomic mass is 15.1. The zero-order valence-electron chi connectivity index (χ0n) is 10.4. The van der Waals surface area contributed by atoms with Gasteiger partial charge in [0.25, 0.3) is 0 Å². The number of nitrogens with one attached hydrogen (secondary N) is 2. The van der Waals surface area contributed by atoms with Crippen molar-refractivity contribution in [3.63, 3.8) is 0 Å². The Labute approximate surface area is 107 Å². The summed E-state index contributed by atoms with van der Waals surface area (Å²) >= 11 is 0. The topological polar surface area (TPSA) is 53.6 Å². The maximum atomic E-state index is 4.14. The minimum absolute atomic E-state index is 0.872. The molecule has 0 saturated heterocycles. The van der Waals surface area contributed by atoms with Crippen LogP contribution < -0.4 is 5.32 Å². The van der Waals surface area contributed by atoms with Gasteiger partial charge < -0.3 is 5.32 Å². The molecule has 1 saturated carbocycles. The largest absolute Gasteiger partial charge is 0.312 e. The average molecular weight is 242 g/mol. The minimum Gasteiger partial charge on any atom is -0.312 e. The van der Waals surface area contributed by atoms with E-state index in [2.05, 4.69) is 26.6 Å². The molecular weight excluding hydrogens is 224 g/mol. The first-order valence-corrected chi connectivity index (χ1v) is 6.57. The summed E-state index contributed by atoms with van der Waals surface area (Å²) in [5.74, 6) is 0.888. The number of rotatable bonds is 5. The molecule has 3 rings (SSSR count). The molecule has 18 heavy (non-hydrogen) atoms. The Kier molecular flexibility index (Phi) is 3.37. The molecule has 0 aliphatic heterocycles. The number of nitrogens with zero attached hydrogens (tertiary/aromatic N) is 2. The van der Waals surface area contributed by atoms with Crippen molar-refractivity contribution in [1.82, 2.24) is 20.5 Å². The SMILES string of the molecule is c1cncc(-c2[nH]ncc2CNCC2CCC2)c1. The molecule has 2 N–H and O–H groups in total. The second-order valence-corrected chi connectivity index (χ2v) is 4.94. The summed E-state index contributed by atoms with van der Waals surface area (Å²) in [6, 6.07) is 4.00. The van der Waals surface area contributed by atoms with Crippen molar-refractivity contribution in [2.24, 2.45) is 5.92 Å². The van der Waals surface area contributed by atoms with Gasteiger partial charge >= 0.3 is 0 Å². The van der Waals surface area contributed by atoms with E-state index < -0.39 is 0 Å². The van der Waals surface area contributed by atoms with Crippen LogP contribution in [0, 0.1) is 5.92 Å². The fourth-order valence-electron chi connectivity index (χ4n) is 2.31. The highest BCUT2D eigenvalue weighted by Crippen LogP contribution is 2.25. The maximum Gasteiger partial charge on any atom is 0.0710 e. The first-order chi connectivity index (χ1) is 8.93. The smallest absolute Gasteiger partial charge is 0.0710 e. The Balaban J connectivity index is 1.64. The summed E-state index contributed by atoms with van der Waals surface area (Å²) in [5, 5.41) is 10.7. The van der Waals surface area contributed by atoms with Gasteiger partial charge in [-0.25, -0.2) is 0 Å². The van der Waals surface area contributed by atoms with Gasteiger partial charge in [0, 0.05) is 30.1 Å². The van der Waals surface area contributed by atoms with Gasteiger partial charge in [-0.1, -0.05) is 6.42 Å². The molecular formula is C14H18N4. The number of pyridine rings is 1. The van der Waals surface area contributed by atoms with E-state index in [0.29, 0.717) is 0 Å². The molecule has 2 aromatic heterocycles. The van der Waals surface area contributed by atoms with Gasteiger partial charge in [0.05, 0.1) is 11.9 Å². The molecule has 4 heteroatoms. The Morgan fingerprint density at radius 2 is 2.28 bits per heavy atom. The molecule has 2 heterocycles. The quantitative estimate of drug-likeness (QED) is 0.846. The fraction of sp³-hybridized carbons (Fsp3) is 0.429. The van der Waals surface area contributed by atoms with Crippen LogP contribution in [0.3, 0.4) is 0 Å². The van der Waals surface area contributed by atoms with Crippen molar-refractivity contribution in [2.45, 2.75) is 25.8 Å². The number of aromatic amines is 1. The van der Waals surface area contributed by atoms with Crippen LogP contribution in [-0.2, 0) is 6.54 Å². The molecule has 1 aliphatic carbocycles. The normalized spacial score (nSPS) is 15.6. The molecule has 0 aromatic carbocycles. The van der Waals surface area contributed by atoms with Crippen molar-refractivity contribution < 1.29 is 0 Å². The minimum atomic E-state index is 0.872. The van der Waals surface area contributed by atoms with E-state index in [9.17, 15) is 0 Å². The van der Waals surface area contributed by atoms with E-state index in [4.69, 9.17) is 0 Å². The summed E-state index contributed by atoms with van der Waals surface area (Å²) < 4.78 is 0. The molecule has 4 nitrogen and oxygen atoms in total. The third-order valence-corrected chi connectivity index (χ3v) is 3.64. The standard InChI is InChI=1S/C14H18N4/c1-3-11(4-1)7-16-9-13-10-17-18-14(13)12-5-2-6-15-8-12/h2,5-6,8,10-11,16H,1,3-4,7,9H2,(H,17,18). The Hall–Kier alpha value is -1.68. The molecule has 94 valence electrons. The number of hydrogen-bond donors (Lipinski definition) is 2. The lowest BCUT2D eigenvalue weighted by Gasteiger charge is -2.25. The molecule has 0 amide bonds. The molecule has 2 aromatic rings. The molecule has 0 spiro atoms. The number of H-pyrrole nitrogens is 1. The predicted molar refractivity (Wildman–Crippen MR) is 70.9 cm³/mol. The van der Waals surface area contributed by atoms with Crippen LogP contribution in [0.25, 0.3) is 11.3 Å². The van der Waals surface area contributed by atoms with Gasteiger partial charge in [-0.15, -0.1) is 0 Å². The lowest BCUT2D eigenvalue weighted by Crippen LogP contribution is -2.26. The fourth-order valence-corrected chi connectivity index (χ4v) is 2.31. The summed E-state index contributed by atoms with van der Waals surface area (Å²) in [6.45, 7) is 1.99. The van der Waals surface area contributed by atoms with Crippen molar-refractivity contribution in [2.75, 3.05) is 6.54 Å². The van der Waals surface area contributed by atoms with Gasteiger partial charge in [-0.05, 0) is 37.4 Å². The second-order valence-electron chi connectivity index (χ2n) is 4.94. The van der Waals surface area contributed by atoms with Crippen LogP contribution in [0.1, 0.15) is 24.8 Å². The van der Waals surface area contributed by atoms with Gasteiger partial charge in [0.15, 0.2) is 0 Å². The lowest BCUT2D eigenvalue weighted by molar-refractivity contribution is 0.301. The van der Waals surface area contributed by atoms with Gasteiger partial charge in [0.2, 0.25) is 0 Å². The zero-order chi connectivity index (χ0) is 12.2. The first-order valence-electron chi connectivity index (χ1n) is 6.57. The molecule has 0 bridgehead atoms. The van der Waals surface area contributed by atoms with E-state index in [-0.39, 0.29) is 0 Å². The highest BCUT2D eigenvalue weighted by Gasteiger charge is 2.16. The van der Waals surface area contributed by atoms with Crippen LogP contribution in [0.5, 0.6) is 0 Å². The summed E-state index contributed by atoms with van der Waals surface area (Å²) in [7, 11) is 0. The van der Waals surface area contributed by atoms with E-state index in [1.807, 2.05) is 18.5 Å². The van der Waals surface area contributed by atoms with Crippen LogP contribution >= 0.6 is 0 Å². The highest BCUT2D eigenvalue weighted by molar-refractivity contribution is 5.61. The first kappa shape index (κ1) is 11.4. The van der Waals surface area contributed by atoms with Crippen molar-refractivity contribution in [3.05, 3.63) is 36.3 Å². The molecule has 1 aliphatic rings. The monoisotopic (exact) mass is 242 g/mol. The summed E-state index contributed by atoms with van der Waals surface area (Å²) in [5.41, 5.74) is 3.38. The maximum absolute atomic E-state index is 4.14. The van der Waals surface area contributed by atoms with Crippen LogP contribution in [0.15, 0.2) is 30.7 Å². The van der Waals surface area contributed by atoms with E-state index in [1.54, 1.807) is 6.20 Å². The Morgan fingerprint density at radius 1 is 1.33 bits per heavy atom. The van der Waals surface area contributed by atoms with Gasteiger partial charge in [-0.3, -0.25) is 10.1 Å². The van der Waals surface area contributed by atoms with Crippen molar-refractivity contribution in [1.29, 1.82) is 0 Å². The zero-order valence-corrected chi connectivity index (χ0v) is 10.4. The Morgan fingerprint density at radius 3 is 3.00 bits per heavy atom. The molecule has 0 unspecified atom stereocenters. The molecule has 1 fully saturated rings. The third-order valence-electron chi connectivity index (χ3n) is 3.64. The van der Waals surface area contributed by atoms with E-state index in [0.717, 1.165) is 30.3 Å². The van der Waals surface area contributed by atoms with Crippen molar-refractivity contribution in [3.8, 4) is 11.3 Å². The third kappa shape index (κ3) is 2.43. The van der Waals surface area contributed by atoms with Crippen LogP contribution in [0.4, 0.5) is 0 Å². The number of hydrogen-bond acceptors (Lipinski definition) is 3. The summed E-state index contributed by atoms with van der Waals surface area (Å²) in [4.78, 5) is 4.14. The van der Waals surface area contributed by atoms with Crippen LogP contribution in [0.2, 0.25) is 0 Å². The molecule has 0 radical (unpaired) electrons. The second kappa shape index (κ2) is 5.31. The van der Waals surface area contributed by atoms with Gasteiger partial charge in [-0.2, -0.15) is 5.10 Å². The number of aromatic nitrogens is 3. The van der Waals surface area contributed by atoms with Crippen molar-refractivity contribution >= 4 is 0 Å². The summed E-state index contributed by atoms with van der Waals surface area (Å²) in [6.07, 6.45) is 9.72.